The SMILES string of the molecule is COC1(C)CC(C)CN(C)C(C)COC(=O)C(C)(C)C(=O)C(C)C1. The van der Waals surface area contributed by atoms with Gasteiger partial charge in [-0.1, -0.05) is 13.8 Å². The number of rotatable bonds is 1. The Morgan fingerprint density at radius 3 is 2.25 bits per heavy atom. The molecule has 1 rings (SSSR count). The predicted octanol–water partition coefficient (Wildman–Crippen LogP) is 2.92. The van der Waals surface area contributed by atoms with E-state index in [-0.39, 0.29) is 23.3 Å². The normalized spacial score (nSPS) is 37.1. The molecule has 5 nitrogen and oxygen atoms in total. The summed E-state index contributed by atoms with van der Waals surface area (Å²) < 4.78 is 11.2. The van der Waals surface area contributed by atoms with E-state index < -0.39 is 11.4 Å². The first kappa shape index (κ1) is 21.1. The molecular weight excluding hydrogens is 306 g/mol. The Morgan fingerprint density at radius 1 is 1.12 bits per heavy atom. The van der Waals surface area contributed by atoms with Crippen molar-refractivity contribution >= 4 is 11.8 Å². The summed E-state index contributed by atoms with van der Waals surface area (Å²) in [4.78, 5) is 27.5. The van der Waals surface area contributed by atoms with Crippen molar-refractivity contribution in [2.24, 2.45) is 17.3 Å². The van der Waals surface area contributed by atoms with Gasteiger partial charge in [-0.2, -0.15) is 0 Å². The van der Waals surface area contributed by atoms with Crippen molar-refractivity contribution in [3.05, 3.63) is 0 Å². The Labute approximate surface area is 147 Å². The summed E-state index contributed by atoms with van der Waals surface area (Å²) in [7, 11) is 3.74. The fourth-order valence-electron chi connectivity index (χ4n) is 3.68. The lowest BCUT2D eigenvalue weighted by Crippen LogP contribution is -2.42. The van der Waals surface area contributed by atoms with E-state index in [1.165, 1.54) is 0 Å². The summed E-state index contributed by atoms with van der Waals surface area (Å²) in [5.74, 6) is -0.371. The van der Waals surface area contributed by atoms with Crippen LogP contribution in [0.15, 0.2) is 0 Å². The zero-order chi connectivity index (χ0) is 18.7. The van der Waals surface area contributed by atoms with Crippen LogP contribution in [0.3, 0.4) is 0 Å². The third-order valence-corrected chi connectivity index (χ3v) is 5.39. The van der Waals surface area contributed by atoms with E-state index in [4.69, 9.17) is 9.47 Å². The molecule has 1 aliphatic heterocycles. The summed E-state index contributed by atoms with van der Waals surface area (Å²) in [5, 5.41) is 0. The molecule has 0 spiro atoms. The van der Waals surface area contributed by atoms with Gasteiger partial charge in [-0.15, -0.1) is 0 Å². The summed E-state index contributed by atoms with van der Waals surface area (Å²) >= 11 is 0. The molecule has 0 saturated carbocycles. The molecule has 0 bridgehead atoms. The van der Waals surface area contributed by atoms with Gasteiger partial charge in [-0.25, -0.2) is 0 Å². The van der Waals surface area contributed by atoms with E-state index in [0.29, 0.717) is 18.9 Å². The number of esters is 1. The first-order valence-electron chi connectivity index (χ1n) is 8.90. The van der Waals surface area contributed by atoms with Gasteiger partial charge in [0.15, 0.2) is 5.78 Å². The minimum atomic E-state index is -1.13. The molecule has 4 unspecified atom stereocenters. The van der Waals surface area contributed by atoms with E-state index in [1.54, 1.807) is 21.0 Å². The average Bonchev–Trinajstić information content (AvgIpc) is 2.49. The summed E-state index contributed by atoms with van der Waals surface area (Å²) in [5.41, 5.74) is -1.52. The molecule has 0 aliphatic carbocycles. The van der Waals surface area contributed by atoms with Crippen LogP contribution in [-0.2, 0) is 19.1 Å². The largest absolute Gasteiger partial charge is 0.463 e. The number of cyclic esters (lactones) is 1. The highest BCUT2D eigenvalue weighted by atomic mass is 16.5. The van der Waals surface area contributed by atoms with Gasteiger partial charge in [0.1, 0.15) is 12.0 Å². The standard InChI is InChI=1S/C19H35NO4/c1-13-9-19(6,23-8)10-14(2)16(21)18(4,5)17(22)24-12-15(3)20(7)11-13/h13-15H,9-12H2,1-8H3. The van der Waals surface area contributed by atoms with E-state index >= 15 is 0 Å². The van der Waals surface area contributed by atoms with Crippen molar-refractivity contribution in [1.29, 1.82) is 0 Å². The zero-order valence-corrected chi connectivity index (χ0v) is 16.6. The van der Waals surface area contributed by atoms with Crippen LogP contribution in [0.5, 0.6) is 0 Å². The summed E-state index contributed by atoms with van der Waals surface area (Å²) in [6, 6.07) is 0.106. The van der Waals surface area contributed by atoms with Crippen molar-refractivity contribution < 1.29 is 19.1 Å². The lowest BCUT2D eigenvalue weighted by molar-refractivity contribution is -0.161. The van der Waals surface area contributed by atoms with Gasteiger partial charge in [0.2, 0.25) is 0 Å². The van der Waals surface area contributed by atoms with E-state index in [0.717, 1.165) is 13.0 Å². The van der Waals surface area contributed by atoms with Gasteiger partial charge < -0.3 is 14.4 Å². The number of methoxy groups -OCH3 is 1. The molecule has 1 saturated heterocycles. The smallest absolute Gasteiger partial charge is 0.319 e. The number of hydrogen-bond acceptors (Lipinski definition) is 5. The fraction of sp³-hybridized carbons (Fsp3) is 0.895. The molecule has 1 fully saturated rings. The summed E-state index contributed by atoms with van der Waals surface area (Å²) in [6.45, 7) is 12.7. The number of nitrogens with zero attached hydrogens (tertiary/aromatic N) is 1. The van der Waals surface area contributed by atoms with Crippen LogP contribution in [0.4, 0.5) is 0 Å². The van der Waals surface area contributed by atoms with Gasteiger partial charge in [0.05, 0.1) is 5.60 Å². The lowest BCUT2D eigenvalue weighted by atomic mass is 9.76. The number of Topliss-reactive ketones (excluding diaryl/α,β-unsaturated/α-hetero) is 1. The first-order valence-corrected chi connectivity index (χ1v) is 8.90. The molecule has 1 heterocycles. The van der Waals surface area contributed by atoms with Crippen molar-refractivity contribution in [3.8, 4) is 0 Å². The minimum Gasteiger partial charge on any atom is -0.463 e. The monoisotopic (exact) mass is 341 g/mol. The van der Waals surface area contributed by atoms with Crippen molar-refractivity contribution in [3.63, 3.8) is 0 Å². The average molecular weight is 341 g/mol. The number of carbonyl (C=O) groups excluding carboxylic acids is 2. The highest BCUT2D eigenvalue weighted by Gasteiger charge is 2.42. The Morgan fingerprint density at radius 2 is 1.71 bits per heavy atom. The topological polar surface area (TPSA) is 55.8 Å². The maximum Gasteiger partial charge on any atom is 0.319 e. The molecule has 0 aromatic rings. The molecule has 0 aromatic heterocycles. The van der Waals surface area contributed by atoms with E-state index in [9.17, 15) is 9.59 Å². The van der Waals surface area contributed by atoms with Crippen LogP contribution in [0.1, 0.15) is 54.4 Å². The van der Waals surface area contributed by atoms with Gasteiger partial charge in [-0.05, 0) is 53.5 Å². The fourth-order valence-corrected chi connectivity index (χ4v) is 3.68. The van der Waals surface area contributed by atoms with Crippen molar-refractivity contribution in [1.82, 2.24) is 4.90 Å². The highest BCUT2D eigenvalue weighted by Crippen LogP contribution is 2.33. The molecule has 4 atom stereocenters. The second-order valence-electron chi connectivity index (χ2n) is 8.44. The molecule has 0 amide bonds. The van der Waals surface area contributed by atoms with Crippen LogP contribution in [0.25, 0.3) is 0 Å². The van der Waals surface area contributed by atoms with Gasteiger partial charge >= 0.3 is 5.97 Å². The Bertz CT molecular complexity index is 462. The molecule has 5 heteroatoms. The summed E-state index contributed by atoms with van der Waals surface area (Å²) in [6.07, 6.45) is 1.47. The van der Waals surface area contributed by atoms with Crippen LogP contribution in [0, 0.1) is 17.3 Å². The van der Waals surface area contributed by atoms with Gasteiger partial charge in [0, 0.05) is 25.6 Å². The molecular formula is C19H35NO4. The first-order chi connectivity index (χ1) is 10.9. The zero-order valence-electron chi connectivity index (χ0n) is 16.6. The van der Waals surface area contributed by atoms with Gasteiger partial charge in [0.25, 0.3) is 0 Å². The Kier molecular flexibility index (Phi) is 7.00. The number of ether oxygens (including phenoxy) is 2. The molecule has 24 heavy (non-hydrogen) atoms. The number of likely N-dealkylation sites (N-methyl/N-ethyl adjacent to an activating group) is 1. The van der Waals surface area contributed by atoms with E-state index in [1.807, 2.05) is 20.9 Å². The maximum atomic E-state index is 12.8. The van der Waals surface area contributed by atoms with Crippen LogP contribution < -0.4 is 0 Å². The number of hydrogen-bond donors (Lipinski definition) is 0. The Hall–Kier alpha value is -0.940. The third-order valence-electron chi connectivity index (χ3n) is 5.39. The molecule has 140 valence electrons. The predicted molar refractivity (Wildman–Crippen MR) is 94.8 cm³/mol. The van der Waals surface area contributed by atoms with Crippen LogP contribution >= 0.6 is 0 Å². The van der Waals surface area contributed by atoms with E-state index in [2.05, 4.69) is 18.7 Å². The second kappa shape index (κ2) is 7.96. The van der Waals surface area contributed by atoms with Crippen LogP contribution in [0.2, 0.25) is 0 Å². The lowest BCUT2D eigenvalue weighted by Gasteiger charge is -2.35. The number of carbonyl (C=O) groups is 2. The third kappa shape index (κ3) is 5.03. The number of ketones is 1. The highest BCUT2D eigenvalue weighted by molar-refractivity contribution is 6.03. The molecule has 0 N–H and O–H groups in total. The second-order valence-corrected chi connectivity index (χ2v) is 8.44. The Balaban J connectivity index is 3.13. The molecule has 0 aromatic carbocycles. The minimum absolute atomic E-state index is 0.0799. The molecule has 1 aliphatic rings. The van der Waals surface area contributed by atoms with Gasteiger partial charge in [-0.3, -0.25) is 9.59 Å². The maximum absolute atomic E-state index is 12.8. The quantitative estimate of drug-likeness (QED) is 0.542. The molecule has 0 radical (unpaired) electrons. The van der Waals surface area contributed by atoms with Crippen molar-refractivity contribution in [2.75, 3.05) is 27.3 Å². The van der Waals surface area contributed by atoms with Crippen LogP contribution in [-0.4, -0.2) is 55.6 Å². The van der Waals surface area contributed by atoms with Crippen molar-refractivity contribution in [2.45, 2.75) is 66.0 Å².